The van der Waals surface area contributed by atoms with Crippen LogP contribution in [0.15, 0.2) is 41.3 Å². The Labute approximate surface area is 195 Å². The van der Waals surface area contributed by atoms with E-state index in [1.54, 1.807) is 0 Å². The van der Waals surface area contributed by atoms with Crippen molar-refractivity contribution >= 4 is 29.0 Å². The summed E-state index contributed by atoms with van der Waals surface area (Å²) < 4.78 is 38.3. The second kappa shape index (κ2) is 10.9. The van der Waals surface area contributed by atoms with E-state index >= 15 is 0 Å². The summed E-state index contributed by atoms with van der Waals surface area (Å²) in [6, 6.07) is 8.60. The number of amides is 1. The molecule has 0 atom stereocenters. The third kappa shape index (κ3) is 7.96. The maximum Gasteiger partial charge on any atom is 0.416 e. The molecule has 33 heavy (non-hydrogen) atoms. The SMILES string of the molecule is Cc1ccc(C(C)(C)C)cc1SCC(=O)NCCCNc1ccc(C(F)(F)F)cc1[N+](=O)[O-]. The highest BCUT2D eigenvalue weighted by Gasteiger charge is 2.33. The predicted octanol–water partition coefficient (Wildman–Crippen LogP) is 5.93. The fourth-order valence-corrected chi connectivity index (χ4v) is 3.86. The first-order valence-corrected chi connectivity index (χ1v) is 11.4. The highest BCUT2D eigenvalue weighted by atomic mass is 32.2. The number of thioether (sulfide) groups is 1. The van der Waals surface area contributed by atoms with Gasteiger partial charge in [0.25, 0.3) is 5.69 Å². The van der Waals surface area contributed by atoms with Gasteiger partial charge >= 0.3 is 6.18 Å². The van der Waals surface area contributed by atoms with Crippen molar-refractivity contribution in [2.24, 2.45) is 0 Å². The number of nitro benzene ring substituents is 1. The normalized spacial score (nSPS) is 11.8. The second-order valence-electron chi connectivity index (χ2n) is 8.64. The molecule has 0 radical (unpaired) electrons. The lowest BCUT2D eigenvalue weighted by Gasteiger charge is -2.20. The first-order valence-electron chi connectivity index (χ1n) is 10.4. The van der Waals surface area contributed by atoms with Crippen LogP contribution >= 0.6 is 11.8 Å². The van der Waals surface area contributed by atoms with Gasteiger partial charge in [-0.05, 0) is 48.1 Å². The summed E-state index contributed by atoms with van der Waals surface area (Å²) in [4.78, 5) is 23.5. The minimum Gasteiger partial charge on any atom is -0.379 e. The minimum absolute atomic E-state index is 0.00378. The molecule has 0 heterocycles. The van der Waals surface area contributed by atoms with E-state index in [2.05, 4.69) is 43.5 Å². The standard InChI is InChI=1S/C23H28F3N3O3S/c1-15-6-7-16(22(2,3)4)13-20(15)33-14-21(30)28-11-5-10-27-18-9-8-17(23(24,25)26)12-19(18)29(31)32/h6-9,12-13,27H,5,10-11,14H2,1-4H3,(H,28,30). The van der Waals surface area contributed by atoms with Crippen LogP contribution in [0.25, 0.3) is 0 Å². The molecule has 0 aromatic heterocycles. The highest BCUT2D eigenvalue weighted by molar-refractivity contribution is 8.00. The van der Waals surface area contributed by atoms with Crippen LogP contribution < -0.4 is 10.6 Å². The summed E-state index contributed by atoms with van der Waals surface area (Å²) >= 11 is 1.46. The van der Waals surface area contributed by atoms with Gasteiger partial charge in [0.05, 0.1) is 16.2 Å². The summed E-state index contributed by atoms with van der Waals surface area (Å²) in [6.07, 6.45) is -4.20. The van der Waals surface area contributed by atoms with Crippen molar-refractivity contribution in [2.75, 3.05) is 24.2 Å². The Balaban J connectivity index is 1.81. The van der Waals surface area contributed by atoms with Crippen LogP contribution in [0, 0.1) is 17.0 Å². The summed E-state index contributed by atoms with van der Waals surface area (Å²) in [5.74, 6) is 0.118. The molecule has 2 aromatic rings. The van der Waals surface area contributed by atoms with E-state index in [0.29, 0.717) is 19.0 Å². The Morgan fingerprint density at radius 3 is 2.33 bits per heavy atom. The van der Waals surface area contributed by atoms with Gasteiger partial charge in [-0.1, -0.05) is 32.9 Å². The van der Waals surface area contributed by atoms with E-state index in [-0.39, 0.29) is 29.3 Å². The summed E-state index contributed by atoms with van der Waals surface area (Å²) in [5.41, 5.74) is 0.595. The number of carbonyl (C=O) groups is 1. The number of alkyl halides is 3. The molecule has 10 heteroatoms. The van der Waals surface area contributed by atoms with E-state index in [1.165, 1.54) is 17.3 Å². The number of nitro groups is 1. The third-order valence-corrected chi connectivity index (χ3v) is 6.08. The van der Waals surface area contributed by atoms with Gasteiger partial charge in [0.2, 0.25) is 5.91 Å². The first kappa shape index (κ1) is 26.5. The van der Waals surface area contributed by atoms with Crippen LogP contribution in [0.5, 0.6) is 0 Å². The van der Waals surface area contributed by atoms with Crippen molar-refractivity contribution < 1.29 is 22.9 Å². The molecule has 0 saturated heterocycles. The number of nitrogens with one attached hydrogen (secondary N) is 2. The number of nitrogens with zero attached hydrogens (tertiary/aromatic N) is 1. The van der Waals surface area contributed by atoms with E-state index in [0.717, 1.165) is 22.6 Å². The number of halogens is 3. The van der Waals surface area contributed by atoms with Crippen molar-refractivity contribution in [1.29, 1.82) is 0 Å². The summed E-state index contributed by atoms with van der Waals surface area (Å²) in [7, 11) is 0. The lowest BCUT2D eigenvalue weighted by atomic mass is 9.87. The van der Waals surface area contributed by atoms with Crippen molar-refractivity contribution in [3.05, 3.63) is 63.2 Å². The Morgan fingerprint density at radius 1 is 1.06 bits per heavy atom. The average Bonchev–Trinajstić information content (AvgIpc) is 2.71. The fraction of sp³-hybridized carbons (Fsp3) is 0.435. The van der Waals surface area contributed by atoms with Crippen LogP contribution in [-0.2, 0) is 16.4 Å². The Hall–Kier alpha value is -2.75. The summed E-state index contributed by atoms with van der Waals surface area (Å²) in [6.45, 7) is 8.98. The predicted molar refractivity (Wildman–Crippen MR) is 125 cm³/mol. The van der Waals surface area contributed by atoms with Crippen LogP contribution in [0.1, 0.15) is 43.9 Å². The molecule has 2 N–H and O–H groups in total. The van der Waals surface area contributed by atoms with Crippen molar-refractivity contribution in [2.45, 2.75) is 50.6 Å². The van der Waals surface area contributed by atoms with Crippen molar-refractivity contribution in [3.63, 3.8) is 0 Å². The molecule has 0 saturated carbocycles. The van der Waals surface area contributed by atoms with E-state index in [4.69, 9.17) is 0 Å². The van der Waals surface area contributed by atoms with Crippen molar-refractivity contribution in [3.8, 4) is 0 Å². The third-order valence-electron chi connectivity index (χ3n) is 4.93. The Kier molecular flexibility index (Phi) is 8.76. The van der Waals surface area contributed by atoms with Crippen LogP contribution in [0.2, 0.25) is 0 Å². The molecule has 6 nitrogen and oxygen atoms in total. The van der Waals surface area contributed by atoms with Gasteiger partial charge < -0.3 is 10.6 Å². The Bertz CT molecular complexity index is 1000. The minimum atomic E-state index is -4.65. The molecule has 180 valence electrons. The lowest BCUT2D eigenvalue weighted by Crippen LogP contribution is -2.27. The van der Waals surface area contributed by atoms with Crippen LogP contribution in [0.3, 0.4) is 0 Å². The average molecular weight is 484 g/mol. The highest BCUT2D eigenvalue weighted by Crippen LogP contribution is 2.35. The number of aryl methyl sites for hydroxylation is 1. The van der Waals surface area contributed by atoms with Gasteiger partial charge in [-0.25, -0.2) is 0 Å². The second-order valence-corrected chi connectivity index (χ2v) is 9.65. The Morgan fingerprint density at radius 2 is 1.73 bits per heavy atom. The molecular formula is C23H28F3N3O3S. The molecule has 0 bridgehead atoms. The number of hydrogen-bond acceptors (Lipinski definition) is 5. The van der Waals surface area contributed by atoms with Crippen molar-refractivity contribution in [1.82, 2.24) is 5.32 Å². The van der Waals surface area contributed by atoms with Gasteiger partial charge in [-0.15, -0.1) is 11.8 Å². The van der Waals surface area contributed by atoms with Gasteiger partial charge in [-0.3, -0.25) is 14.9 Å². The number of anilines is 1. The molecule has 1 amide bonds. The van der Waals surface area contributed by atoms with E-state index in [1.807, 2.05) is 13.0 Å². The monoisotopic (exact) mass is 483 g/mol. The number of carbonyl (C=O) groups excluding carboxylic acids is 1. The largest absolute Gasteiger partial charge is 0.416 e. The van der Waals surface area contributed by atoms with E-state index < -0.39 is 22.4 Å². The topological polar surface area (TPSA) is 84.3 Å². The molecule has 0 fully saturated rings. The lowest BCUT2D eigenvalue weighted by molar-refractivity contribution is -0.384. The first-order chi connectivity index (χ1) is 15.3. The van der Waals surface area contributed by atoms with Gasteiger partial charge in [0, 0.05) is 24.1 Å². The fourth-order valence-electron chi connectivity index (χ4n) is 2.96. The number of rotatable bonds is 9. The number of benzene rings is 2. The van der Waals surface area contributed by atoms with Crippen LogP contribution in [-0.4, -0.2) is 29.7 Å². The zero-order valence-corrected chi connectivity index (χ0v) is 19.8. The quantitative estimate of drug-likeness (QED) is 0.200. The smallest absolute Gasteiger partial charge is 0.379 e. The molecule has 0 aliphatic heterocycles. The van der Waals surface area contributed by atoms with Gasteiger partial charge in [0.15, 0.2) is 0 Å². The van der Waals surface area contributed by atoms with Gasteiger partial charge in [-0.2, -0.15) is 13.2 Å². The molecule has 2 aromatic carbocycles. The maximum absolute atomic E-state index is 12.8. The zero-order valence-electron chi connectivity index (χ0n) is 19.0. The number of hydrogen-bond donors (Lipinski definition) is 2. The molecular weight excluding hydrogens is 455 g/mol. The molecule has 0 spiro atoms. The molecule has 0 unspecified atom stereocenters. The molecule has 2 rings (SSSR count). The van der Waals surface area contributed by atoms with Gasteiger partial charge in [0.1, 0.15) is 5.69 Å². The molecule has 0 aliphatic rings. The maximum atomic E-state index is 12.8. The van der Waals surface area contributed by atoms with Crippen LogP contribution in [0.4, 0.5) is 24.5 Å². The summed E-state index contributed by atoms with van der Waals surface area (Å²) in [5, 5.41) is 16.7. The zero-order chi connectivity index (χ0) is 24.8. The van der Waals surface area contributed by atoms with E-state index in [9.17, 15) is 28.1 Å². The molecule has 0 aliphatic carbocycles.